The van der Waals surface area contributed by atoms with Crippen LogP contribution in [-0.2, 0) is 0 Å². The summed E-state index contributed by atoms with van der Waals surface area (Å²) in [7, 11) is 0. The number of nitrogens with one attached hydrogen (secondary N) is 1. The molecule has 0 bridgehead atoms. The van der Waals surface area contributed by atoms with E-state index in [4.69, 9.17) is 12.2 Å². The van der Waals surface area contributed by atoms with Crippen LogP contribution in [0.5, 0.6) is 0 Å². The van der Waals surface area contributed by atoms with Gasteiger partial charge in [0.25, 0.3) is 0 Å². The van der Waals surface area contributed by atoms with E-state index in [0.29, 0.717) is 12.0 Å². The third-order valence-corrected chi connectivity index (χ3v) is 3.87. The molecule has 2 rings (SSSR count). The molecule has 1 N–H and O–H groups in total. The van der Waals surface area contributed by atoms with E-state index >= 15 is 0 Å². The summed E-state index contributed by atoms with van der Waals surface area (Å²) in [6.07, 6.45) is 4.23. The standard InChI is InChI=1S/C14H21N3S/c1-5-9(2)6-11(4)17-13-12(16-14(17)18)7-10(3)8-15-13/h7-9,11H,5-6H2,1-4H3,(H,16,18). The van der Waals surface area contributed by atoms with Gasteiger partial charge in [-0.25, -0.2) is 4.98 Å². The maximum Gasteiger partial charge on any atom is 0.179 e. The van der Waals surface area contributed by atoms with E-state index in [1.165, 1.54) is 6.42 Å². The molecule has 0 aliphatic rings. The molecule has 2 aromatic heterocycles. The van der Waals surface area contributed by atoms with Crippen molar-refractivity contribution in [1.82, 2.24) is 14.5 Å². The highest BCUT2D eigenvalue weighted by Gasteiger charge is 2.14. The van der Waals surface area contributed by atoms with Gasteiger partial charge in [0.15, 0.2) is 10.4 Å². The first-order chi connectivity index (χ1) is 8.52. The number of hydrogen-bond acceptors (Lipinski definition) is 2. The Morgan fingerprint density at radius 2 is 2.17 bits per heavy atom. The average Bonchev–Trinajstić information content (AvgIpc) is 2.63. The molecule has 0 aliphatic heterocycles. The molecular weight excluding hydrogens is 242 g/mol. The summed E-state index contributed by atoms with van der Waals surface area (Å²) in [5.41, 5.74) is 3.16. The normalized spacial score (nSPS) is 14.9. The van der Waals surface area contributed by atoms with Crippen molar-refractivity contribution in [3.8, 4) is 0 Å². The van der Waals surface area contributed by atoms with Crippen LogP contribution >= 0.6 is 12.2 Å². The topological polar surface area (TPSA) is 33.6 Å². The van der Waals surface area contributed by atoms with E-state index in [0.717, 1.165) is 27.9 Å². The van der Waals surface area contributed by atoms with E-state index < -0.39 is 0 Å². The van der Waals surface area contributed by atoms with Crippen molar-refractivity contribution >= 4 is 23.4 Å². The first-order valence-corrected chi connectivity index (χ1v) is 7.00. The number of H-pyrrole nitrogens is 1. The van der Waals surface area contributed by atoms with E-state index in [-0.39, 0.29) is 0 Å². The molecule has 0 aromatic carbocycles. The zero-order valence-corrected chi connectivity index (χ0v) is 12.3. The summed E-state index contributed by atoms with van der Waals surface area (Å²) in [6, 6.07) is 2.49. The Hall–Kier alpha value is -1.16. The lowest BCUT2D eigenvalue weighted by molar-refractivity contribution is 0.401. The molecule has 0 saturated carbocycles. The molecule has 0 spiro atoms. The van der Waals surface area contributed by atoms with Crippen molar-refractivity contribution < 1.29 is 0 Å². The second kappa shape index (κ2) is 5.22. The molecule has 18 heavy (non-hydrogen) atoms. The van der Waals surface area contributed by atoms with Gasteiger partial charge in [0.05, 0.1) is 5.52 Å². The van der Waals surface area contributed by atoms with E-state index in [2.05, 4.69) is 41.4 Å². The fraction of sp³-hybridized carbons (Fsp3) is 0.571. The molecule has 2 atom stereocenters. The second-order valence-electron chi connectivity index (χ2n) is 5.28. The van der Waals surface area contributed by atoms with Crippen LogP contribution in [-0.4, -0.2) is 14.5 Å². The van der Waals surface area contributed by atoms with Gasteiger partial charge in [0, 0.05) is 12.2 Å². The SMILES string of the molecule is CCC(C)CC(C)n1c(=S)[nH]c2cc(C)cnc21. The second-order valence-corrected chi connectivity index (χ2v) is 5.67. The predicted molar refractivity (Wildman–Crippen MR) is 78.4 cm³/mol. The summed E-state index contributed by atoms with van der Waals surface area (Å²) in [6.45, 7) is 8.78. The number of imidazole rings is 1. The summed E-state index contributed by atoms with van der Waals surface area (Å²) < 4.78 is 2.93. The van der Waals surface area contributed by atoms with Gasteiger partial charge >= 0.3 is 0 Å². The Balaban J connectivity index is 2.44. The highest BCUT2D eigenvalue weighted by Crippen LogP contribution is 2.24. The number of aromatic amines is 1. The highest BCUT2D eigenvalue weighted by molar-refractivity contribution is 7.71. The van der Waals surface area contributed by atoms with Crippen LogP contribution in [0.15, 0.2) is 12.3 Å². The first-order valence-electron chi connectivity index (χ1n) is 6.59. The Kier molecular flexibility index (Phi) is 3.85. The van der Waals surface area contributed by atoms with Crippen molar-refractivity contribution in [3.63, 3.8) is 0 Å². The van der Waals surface area contributed by atoms with Gasteiger partial charge in [-0.3, -0.25) is 4.57 Å². The number of nitrogens with zero attached hydrogens (tertiary/aromatic N) is 2. The van der Waals surface area contributed by atoms with Gasteiger partial charge in [-0.2, -0.15) is 0 Å². The van der Waals surface area contributed by atoms with Crippen LogP contribution < -0.4 is 0 Å². The fourth-order valence-corrected chi connectivity index (χ4v) is 2.76. The molecule has 4 heteroatoms. The summed E-state index contributed by atoms with van der Waals surface area (Å²) >= 11 is 5.43. The van der Waals surface area contributed by atoms with Crippen molar-refractivity contribution in [2.75, 3.05) is 0 Å². The third-order valence-electron chi connectivity index (χ3n) is 3.57. The first kappa shape index (κ1) is 13.3. The molecule has 3 nitrogen and oxygen atoms in total. The Bertz CT molecular complexity index is 597. The van der Waals surface area contributed by atoms with Gasteiger partial charge < -0.3 is 4.98 Å². The van der Waals surface area contributed by atoms with Crippen LogP contribution in [0.2, 0.25) is 0 Å². The Morgan fingerprint density at radius 3 is 2.83 bits per heavy atom. The van der Waals surface area contributed by atoms with Crippen LogP contribution in [0.4, 0.5) is 0 Å². The van der Waals surface area contributed by atoms with Gasteiger partial charge in [0.2, 0.25) is 0 Å². The van der Waals surface area contributed by atoms with Crippen molar-refractivity contribution in [3.05, 3.63) is 22.6 Å². The van der Waals surface area contributed by atoms with Crippen LogP contribution in [0.25, 0.3) is 11.2 Å². The van der Waals surface area contributed by atoms with Crippen molar-refractivity contribution in [2.45, 2.75) is 46.6 Å². The number of hydrogen-bond donors (Lipinski definition) is 1. The summed E-state index contributed by atoms with van der Waals surface area (Å²) in [4.78, 5) is 7.78. The third kappa shape index (κ3) is 2.48. The molecule has 98 valence electrons. The lowest BCUT2D eigenvalue weighted by Gasteiger charge is -2.17. The lowest BCUT2D eigenvalue weighted by Crippen LogP contribution is -2.09. The number of aromatic nitrogens is 3. The zero-order chi connectivity index (χ0) is 13.3. The minimum atomic E-state index is 0.386. The molecule has 2 heterocycles. The smallest absolute Gasteiger partial charge is 0.179 e. The zero-order valence-electron chi connectivity index (χ0n) is 11.5. The molecule has 0 aliphatic carbocycles. The number of fused-ring (bicyclic) bond motifs is 1. The molecule has 0 amide bonds. The Labute approximate surface area is 113 Å². The maximum atomic E-state index is 5.43. The Morgan fingerprint density at radius 1 is 1.44 bits per heavy atom. The van der Waals surface area contributed by atoms with E-state index in [1.807, 2.05) is 13.1 Å². The van der Waals surface area contributed by atoms with Crippen LogP contribution in [0.1, 0.15) is 45.2 Å². The van der Waals surface area contributed by atoms with Crippen LogP contribution in [0.3, 0.4) is 0 Å². The van der Waals surface area contributed by atoms with Gasteiger partial charge in [0.1, 0.15) is 0 Å². The molecule has 2 aromatic rings. The van der Waals surface area contributed by atoms with Gasteiger partial charge in [-0.1, -0.05) is 20.3 Å². The van der Waals surface area contributed by atoms with Gasteiger partial charge in [-0.15, -0.1) is 0 Å². The summed E-state index contributed by atoms with van der Waals surface area (Å²) in [5, 5.41) is 0. The van der Waals surface area contributed by atoms with Crippen molar-refractivity contribution in [2.24, 2.45) is 5.92 Å². The van der Waals surface area contributed by atoms with Crippen LogP contribution in [0, 0.1) is 17.6 Å². The lowest BCUT2D eigenvalue weighted by atomic mass is 10.0. The highest BCUT2D eigenvalue weighted by atomic mass is 32.1. The monoisotopic (exact) mass is 263 g/mol. The summed E-state index contributed by atoms with van der Waals surface area (Å²) in [5.74, 6) is 0.706. The minimum Gasteiger partial charge on any atom is -0.329 e. The average molecular weight is 263 g/mol. The molecule has 0 saturated heterocycles. The minimum absolute atomic E-state index is 0.386. The molecular formula is C14H21N3S. The van der Waals surface area contributed by atoms with Crippen molar-refractivity contribution in [1.29, 1.82) is 0 Å². The fourth-order valence-electron chi connectivity index (χ4n) is 2.38. The van der Waals surface area contributed by atoms with E-state index in [9.17, 15) is 0 Å². The number of aryl methyl sites for hydroxylation is 1. The molecule has 0 radical (unpaired) electrons. The number of rotatable bonds is 4. The largest absolute Gasteiger partial charge is 0.329 e. The maximum absolute atomic E-state index is 5.43. The molecule has 0 fully saturated rings. The molecule has 2 unspecified atom stereocenters. The number of pyridine rings is 1. The van der Waals surface area contributed by atoms with Gasteiger partial charge in [-0.05, 0) is 50.0 Å². The van der Waals surface area contributed by atoms with E-state index in [1.54, 1.807) is 0 Å². The predicted octanol–water partition coefficient (Wildman–Crippen LogP) is 4.40. The quantitative estimate of drug-likeness (QED) is 0.829.